The molecule has 0 spiro atoms. The summed E-state index contributed by atoms with van der Waals surface area (Å²) in [6.07, 6.45) is 3.19. The van der Waals surface area contributed by atoms with Crippen LogP contribution < -0.4 is 5.73 Å². The lowest BCUT2D eigenvalue weighted by Gasteiger charge is -2.38. The number of hydrogen-bond acceptors (Lipinski definition) is 2. The van der Waals surface area contributed by atoms with Gasteiger partial charge in [-0.05, 0) is 25.2 Å². The van der Waals surface area contributed by atoms with Gasteiger partial charge in [0.25, 0.3) is 0 Å². The van der Waals surface area contributed by atoms with Gasteiger partial charge in [-0.3, -0.25) is 4.79 Å². The van der Waals surface area contributed by atoms with E-state index in [1.54, 1.807) is 0 Å². The number of ether oxygens (including phenoxy) is 1. The van der Waals surface area contributed by atoms with Gasteiger partial charge in [-0.2, -0.15) is 0 Å². The van der Waals surface area contributed by atoms with E-state index >= 15 is 0 Å². The number of nitrogens with two attached hydrogens (primary N) is 1. The number of carbonyl (C=O) groups excluding carboxylic acids is 1. The molecule has 14 heavy (non-hydrogen) atoms. The predicted octanol–water partition coefficient (Wildman–Crippen LogP) is 1.07. The molecule has 0 aromatic heterocycles. The summed E-state index contributed by atoms with van der Waals surface area (Å²) in [5.41, 5.74) is 5.10. The Hall–Kier alpha value is -0.570. The van der Waals surface area contributed by atoms with Crippen LogP contribution in [0.4, 0.5) is 0 Å². The van der Waals surface area contributed by atoms with Gasteiger partial charge in [0, 0.05) is 10.8 Å². The second-order valence-electron chi connectivity index (χ2n) is 5.67. The highest BCUT2D eigenvalue weighted by Gasteiger charge is 2.78. The largest absolute Gasteiger partial charge is 0.367 e. The van der Waals surface area contributed by atoms with Crippen LogP contribution in [0.5, 0.6) is 0 Å². The SMILES string of the molecule is C[C@@]12CC[C@H]3C[C@]1(C(N)=O)OC[C@]32C. The maximum atomic E-state index is 11.6. The molecular formula is C11H17NO2. The fourth-order valence-electron chi connectivity index (χ4n) is 4.29. The Labute approximate surface area is 84.0 Å². The molecule has 0 aromatic rings. The van der Waals surface area contributed by atoms with Crippen molar-refractivity contribution in [2.75, 3.05) is 6.61 Å². The standard InChI is InChI=1S/C11H17NO2/c1-9-6-14-11(8(12)13)5-7(9)3-4-10(9,11)2/h7H,3-6H2,1-2H3,(H2,12,13)/t7-,9+,10-,11+/m0/s1. The molecule has 3 fully saturated rings. The van der Waals surface area contributed by atoms with Gasteiger partial charge in [0.1, 0.15) is 0 Å². The number of amides is 1. The van der Waals surface area contributed by atoms with E-state index in [1.165, 1.54) is 6.42 Å². The fourth-order valence-corrected chi connectivity index (χ4v) is 4.29. The van der Waals surface area contributed by atoms with Crippen molar-refractivity contribution in [2.24, 2.45) is 22.5 Å². The van der Waals surface area contributed by atoms with Crippen LogP contribution in [0.3, 0.4) is 0 Å². The van der Waals surface area contributed by atoms with E-state index < -0.39 is 5.60 Å². The zero-order valence-corrected chi connectivity index (χ0v) is 8.80. The molecule has 0 radical (unpaired) electrons. The van der Waals surface area contributed by atoms with Crippen LogP contribution in [0.25, 0.3) is 0 Å². The van der Waals surface area contributed by atoms with Crippen LogP contribution in [-0.2, 0) is 9.53 Å². The monoisotopic (exact) mass is 195 g/mol. The zero-order valence-electron chi connectivity index (χ0n) is 8.80. The molecular weight excluding hydrogens is 178 g/mol. The van der Waals surface area contributed by atoms with Crippen LogP contribution in [0.15, 0.2) is 0 Å². The summed E-state index contributed by atoms with van der Waals surface area (Å²) in [4.78, 5) is 11.6. The minimum Gasteiger partial charge on any atom is -0.367 e. The van der Waals surface area contributed by atoms with Gasteiger partial charge in [0.05, 0.1) is 6.61 Å². The number of carbonyl (C=O) groups is 1. The summed E-state index contributed by atoms with van der Waals surface area (Å²) in [5.74, 6) is 0.402. The molecule has 2 aliphatic carbocycles. The van der Waals surface area contributed by atoms with Crippen LogP contribution >= 0.6 is 0 Å². The van der Waals surface area contributed by atoms with Crippen molar-refractivity contribution >= 4 is 5.91 Å². The van der Waals surface area contributed by atoms with E-state index in [2.05, 4.69) is 13.8 Å². The fraction of sp³-hybridized carbons (Fsp3) is 0.909. The number of hydrogen-bond donors (Lipinski definition) is 1. The second kappa shape index (κ2) is 2.01. The summed E-state index contributed by atoms with van der Waals surface area (Å²) in [7, 11) is 0. The molecule has 3 rings (SSSR count). The Balaban J connectivity index is 2.18. The number of primary amides is 1. The highest BCUT2D eigenvalue weighted by Crippen LogP contribution is 2.74. The van der Waals surface area contributed by atoms with E-state index in [9.17, 15) is 4.79 Å². The summed E-state index contributed by atoms with van der Waals surface area (Å²) < 4.78 is 5.77. The van der Waals surface area contributed by atoms with Crippen molar-refractivity contribution in [2.45, 2.75) is 38.7 Å². The first-order valence-corrected chi connectivity index (χ1v) is 5.40. The van der Waals surface area contributed by atoms with Crippen molar-refractivity contribution in [3.05, 3.63) is 0 Å². The molecule has 1 amide bonds. The molecule has 3 aliphatic rings. The van der Waals surface area contributed by atoms with Gasteiger partial charge in [-0.15, -0.1) is 0 Å². The molecule has 1 aliphatic heterocycles. The summed E-state index contributed by atoms with van der Waals surface area (Å²) in [6, 6.07) is 0. The predicted molar refractivity (Wildman–Crippen MR) is 51.4 cm³/mol. The smallest absolute Gasteiger partial charge is 0.250 e. The molecule has 1 saturated heterocycles. The molecule has 2 N–H and O–H groups in total. The minimum atomic E-state index is -0.634. The highest BCUT2D eigenvalue weighted by atomic mass is 16.5. The first-order chi connectivity index (χ1) is 6.46. The van der Waals surface area contributed by atoms with Gasteiger partial charge < -0.3 is 10.5 Å². The van der Waals surface area contributed by atoms with E-state index in [0.717, 1.165) is 19.4 Å². The Kier molecular flexibility index (Phi) is 1.25. The van der Waals surface area contributed by atoms with Crippen molar-refractivity contribution in [1.82, 2.24) is 0 Å². The Morgan fingerprint density at radius 2 is 2.21 bits per heavy atom. The van der Waals surface area contributed by atoms with Gasteiger partial charge in [0.2, 0.25) is 5.91 Å². The molecule has 4 atom stereocenters. The Morgan fingerprint density at radius 3 is 2.64 bits per heavy atom. The summed E-state index contributed by atoms with van der Waals surface area (Å²) >= 11 is 0. The first-order valence-electron chi connectivity index (χ1n) is 5.40. The molecule has 2 saturated carbocycles. The third-order valence-corrected chi connectivity index (χ3v) is 5.60. The van der Waals surface area contributed by atoms with Gasteiger partial charge in [-0.1, -0.05) is 13.8 Å². The first kappa shape index (κ1) is 8.72. The second-order valence-corrected chi connectivity index (χ2v) is 5.67. The Morgan fingerprint density at radius 1 is 1.50 bits per heavy atom. The van der Waals surface area contributed by atoms with E-state index in [-0.39, 0.29) is 16.7 Å². The highest BCUT2D eigenvalue weighted by molar-refractivity contribution is 5.86. The van der Waals surface area contributed by atoms with Crippen LogP contribution in [0, 0.1) is 16.7 Å². The third-order valence-electron chi connectivity index (χ3n) is 5.60. The maximum absolute atomic E-state index is 11.6. The average molecular weight is 195 g/mol. The summed E-state index contributed by atoms with van der Waals surface area (Å²) in [6.45, 7) is 5.18. The molecule has 3 nitrogen and oxygen atoms in total. The normalized spacial score (nSPS) is 59.4. The zero-order chi connectivity index (χ0) is 10.2. The van der Waals surface area contributed by atoms with E-state index in [0.29, 0.717) is 5.92 Å². The molecule has 78 valence electrons. The van der Waals surface area contributed by atoms with Gasteiger partial charge in [0.15, 0.2) is 5.60 Å². The van der Waals surface area contributed by atoms with Crippen molar-refractivity contribution in [3.63, 3.8) is 0 Å². The van der Waals surface area contributed by atoms with Gasteiger partial charge in [-0.25, -0.2) is 0 Å². The van der Waals surface area contributed by atoms with Crippen LogP contribution in [0.1, 0.15) is 33.1 Å². The maximum Gasteiger partial charge on any atom is 0.250 e. The molecule has 0 aromatic carbocycles. The summed E-state index contributed by atoms with van der Waals surface area (Å²) in [5, 5.41) is 0. The van der Waals surface area contributed by atoms with E-state index in [1.807, 2.05) is 0 Å². The van der Waals surface area contributed by atoms with Crippen molar-refractivity contribution < 1.29 is 9.53 Å². The van der Waals surface area contributed by atoms with E-state index in [4.69, 9.17) is 10.5 Å². The third kappa shape index (κ3) is 0.553. The number of rotatable bonds is 1. The lowest BCUT2D eigenvalue weighted by Crippen LogP contribution is -2.53. The molecule has 4 bridgehead atoms. The molecule has 0 unspecified atom stereocenters. The van der Waals surface area contributed by atoms with Gasteiger partial charge >= 0.3 is 0 Å². The van der Waals surface area contributed by atoms with Crippen molar-refractivity contribution in [1.29, 1.82) is 0 Å². The lowest BCUT2D eigenvalue weighted by molar-refractivity contribution is -0.151. The minimum absolute atomic E-state index is 0.00347. The lowest BCUT2D eigenvalue weighted by atomic mass is 9.66. The van der Waals surface area contributed by atoms with Crippen LogP contribution in [0.2, 0.25) is 0 Å². The topological polar surface area (TPSA) is 52.3 Å². The molecule has 3 heteroatoms. The molecule has 1 heterocycles. The average Bonchev–Trinajstić information content (AvgIpc) is 2.58. The quantitative estimate of drug-likeness (QED) is 0.680. The van der Waals surface area contributed by atoms with Crippen LogP contribution in [-0.4, -0.2) is 18.1 Å². The Bertz CT molecular complexity index is 329. The van der Waals surface area contributed by atoms with Crippen molar-refractivity contribution in [3.8, 4) is 0 Å².